The molecule has 3 aromatic rings. The second kappa shape index (κ2) is 5.66. The standard InChI is InChI=1S/C16H15N3O2/c1-21-16-5-2-11(8-15(16)20)10-19-12-3-4-13-14(9-12)18-7-6-17-13/h2-9,19-20H,10H2,1H3. The van der Waals surface area contributed by atoms with Gasteiger partial charge in [-0.25, -0.2) is 0 Å². The summed E-state index contributed by atoms with van der Waals surface area (Å²) >= 11 is 0. The van der Waals surface area contributed by atoms with Gasteiger partial charge in [0.2, 0.25) is 0 Å². The third kappa shape index (κ3) is 2.86. The van der Waals surface area contributed by atoms with Crippen LogP contribution in [0.15, 0.2) is 48.8 Å². The number of phenols is 1. The van der Waals surface area contributed by atoms with Crippen molar-refractivity contribution in [1.82, 2.24) is 9.97 Å². The minimum atomic E-state index is 0.140. The normalized spacial score (nSPS) is 10.5. The van der Waals surface area contributed by atoms with Crippen molar-refractivity contribution in [2.24, 2.45) is 0 Å². The topological polar surface area (TPSA) is 67.3 Å². The number of aromatic hydroxyl groups is 1. The molecule has 2 aromatic carbocycles. The fourth-order valence-electron chi connectivity index (χ4n) is 2.12. The molecule has 0 aliphatic carbocycles. The number of rotatable bonds is 4. The van der Waals surface area contributed by atoms with Gasteiger partial charge in [-0.3, -0.25) is 9.97 Å². The van der Waals surface area contributed by atoms with Gasteiger partial charge in [0.25, 0.3) is 0 Å². The monoisotopic (exact) mass is 281 g/mol. The molecule has 2 N–H and O–H groups in total. The number of methoxy groups -OCH3 is 1. The largest absolute Gasteiger partial charge is 0.504 e. The number of hydrogen-bond donors (Lipinski definition) is 2. The third-order valence-corrected chi connectivity index (χ3v) is 3.21. The maximum absolute atomic E-state index is 9.76. The lowest BCUT2D eigenvalue weighted by Crippen LogP contribution is -1.99. The van der Waals surface area contributed by atoms with Crippen LogP contribution in [0.3, 0.4) is 0 Å². The van der Waals surface area contributed by atoms with Gasteiger partial charge < -0.3 is 15.2 Å². The molecule has 0 radical (unpaired) electrons. The van der Waals surface area contributed by atoms with Crippen molar-refractivity contribution in [2.75, 3.05) is 12.4 Å². The van der Waals surface area contributed by atoms with Gasteiger partial charge in [0.05, 0.1) is 18.1 Å². The van der Waals surface area contributed by atoms with E-state index < -0.39 is 0 Å². The Kier molecular flexibility index (Phi) is 3.55. The molecule has 1 heterocycles. The maximum Gasteiger partial charge on any atom is 0.160 e. The van der Waals surface area contributed by atoms with E-state index in [2.05, 4.69) is 15.3 Å². The van der Waals surface area contributed by atoms with Gasteiger partial charge in [-0.1, -0.05) is 6.07 Å². The Morgan fingerprint density at radius 1 is 1.05 bits per heavy atom. The number of nitrogens with one attached hydrogen (secondary N) is 1. The van der Waals surface area contributed by atoms with E-state index in [0.29, 0.717) is 12.3 Å². The van der Waals surface area contributed by atoms with E-state index in [1.165, 1.54) is 7.11 Å². The smallest absolute Gasteiger partial charge is 0.160 e. The highest BCUT2D eigenvalue weighted by atomic mass is 16.5. The molecule has 3 rings (SSSR count). The number of aromatic nitrogens is 2. The van der Waals surface area contributed by atoms with Crippen molar-refractivity contribution in [1.29, 1.82) is 0 Å². The third-order valence-electron chi connectivity index (χ3n) is 3.21. The van der Waals surface area contributed by atoms with E-state index in [1.807, 2.05) is 24.3 Å². The first-order valence-electron chi connectivity index (χ1n) is 6.57. The first-order chi connectivity index (χ1) is 10.3. The minimum Gasteiger partial charge on any atom is -0.504 e. The predicted molar refractivity (Wildman–Crippen MR) is 81.5 cm³/mol. The average Bonchev–Trinajstić information content (AvgIpc) is 2.53. The first kappa shape index (κ1) is 13.2. The molecule has 0 spiro atoms. The van der Waals surface area contributed by atoms with Crippen LogP contribution in [0.5, 0.6) is 11.5 Å². The van der Waals surface area contributed by atoms with Crippen molar-refractivity contribution in [2.45, 2.75) is 6.54 Å². The van der Waals surface area contributed by atoms with Gasteiger partial charge in [-0.2, -0.15) is 0 Å². The van der Waals surface area contributed by atoms with Gasteiger partial charge in [0.1, 0.15) is 0 Å². The molecule has 0 atom stereocenters. The number of nitrogens with zero attached hydrogens (tertiary/aromatic N) is 2. The molecule has 1 aromatic heterocycles. The van der Waals surface area contributed by atoms with Gasteiger partial charge in [-0.15, -0.1) is 0 Å². The number of anilines is 1. The zero-order valence-corrected chi connectivity index (χ0v) is 11.6. The molecule has 0 unspecified atom stereocenters. The number of hydrogen-bond acceptors (Lipinski definition) is 5. The van der Waals surface area contributed by atoms with Gasteiger partial charge in [0.15, 0.2) is 11.5 Å². The van der Waals surface area contributed by atoms with Crippen molar-refractivity contribution >= 4 is 16.7 Å². The van der Waals surface area contributed by atoms with E-state index in [0.717, 1.165) is 22.3 Å². The number of benzene rings is 2. The fourth-order valence-corrected chi connectivity index (χ4v) is 2.12. The number of fused-ring (bicyclic) bond motifs is 1. The molecule has 106 valence electrons. The molecule has 0 saturated heterocycles. The predicted octanol–water partition coefficient (Wildman–Crippen LogP) is 2.96. The molecule has 0 fully saturated rings. The molecule has 0 aliphatic rings. The van der Waals surface area contributed by atoms with Crippen molar-refractivity contribution in [3.63, 3.8) is 0 Å². The van der Waals surface area contributed by atoms with E-state index in [1.54, 1.807) is 24.5 Å². The first-order valence-corrected chi connectivity index (χ1v) is 6.57. The summed E-state index contributed by atoms with van der Waals surface area (Å²) in [7, 11) is 1.53. The fraction of sp³-hybridized carbons (Fsp3) is 0.125. The molecule has 5 heteroatoms. The molecular formula is C16H15N3O2. The van der Waals surface area contributed by atoms with E-state index >= 15 is 0 Å². The van der Waals surface area contributed by atoms with Crippen LogP contribution in [0.1, 0.15) is 5.56 Å². The Labute approximate surface area is 122 Å². The van der Waals surface area contributed by atoms with Crippen LogP contribution in [0.2, 0.25) is 0 Å². The highest BCUT2D eigenvalue weighted by Gasteiger charge is 2.03. The summed E-state index contributed by atoms with van der Waals surface area (Å²) in [4.78, 5) is 8.51. The highest BCUT2D eigenvalue weighted by Crippen LogP contribution is 2.26. The van der Waals surface area contributed by atoms with Crippen molar-refractivity contribution in [3.05, 3.63) is 54.4 Å². The van der Waals surface area contributed by atoms with Crippen LogP contribution >= 0.6 is 0 Å². The summed E-state index contributed by atoms with van der Waals surface area (Å²) in [6, 6.07) is 11.2. The lowest BCUT2D eigenvalue weighted by Gasteiger charge is -2.09. The Morgan fingerprint density at radius 2 is 1.86 bits per heavy atom. The minimum absolute atomic E-state index is 0.140. The van der Waals surface area contributed by atoms with Crippen LogP contribution in [0.25, 0.3) is 11.0 Å². The summed E-state index contributed by atoms with van der Waals surface area (Å²) in [5.74, 6) is 0.612. The van der Waals surface area contributed by atoms with Gasteiger partial charge >= 0.3 is 0 Å². The molecule has 0 saturated carbocycles. The SMILES string of the molecule is COc1ccc(CNc2ccc3nccnc3c2)cc1O. The van der Waals surface area contributed by atoms with Crippen LogP contribution in [0.4, 0.5) is 5.69 Å². The summed E-state index contributed by atoms with van der Waals surface area (Å²) < 4.78 is 5.03. The molecule has 0 bridgehead atoms. The quantitative estimate of drug-likeness (QED) is 0.769. The lowest BCUT2D eigenvalue weighted by atomic mass is 10.2. The van der Waals surface area contributed by atoms with Crippen LogP contribution in [0, 0.1) is 0 Å². The Morgan fingerprint density at radius 3 is 2.62 bits per heavy atom. The Hall–Kier alpha value is -2.82. The van der Waals surface area contributed by atoms with Crippen LogP contribution < -0.4 is 10.1 Å². The van der Waals surface area contributed by atoms with E-state index in [-0.39, 0.29) is 5.75 Å². The van der Waals surface area contributed by atoms with E-state index in [4.69, 9.17) is 4.74 Å². The zero-order valence-electron chi connectivity index (χ0n) is 11.6. The molecular weight excluding hydrogens is 266 g/mol. The molecule has 0 amide bonds. The molecule has 21 heavy (non-hydrogen) atoms. The second-order valence-electron chi connectivity index (χ2n) is 4.62. The zero-order chi connectivity index (χ0) is 14.7. The summed E-state index contributed by atoms with van der Waals surface area (Å²) in [6.07, 6.45) is 3.35. The summed E-state index contributed by atoms with van der Waals surface area (Å²) in [5.41, 5.74) is 3.64. The Bertz CT molecular complexity index is 774. The van der Waals surface area contributed by atoms with Crippen LogP contribution in [-0.2, 0) is 6.54 Å². The van der Waals surface area contributed by atoms with Gasteiger partial charge in [0, 0.05) is 24.6 Å². The maximum atomic E-state index is 9.76. The second-order valence-corrected chi connectivity index (χ2v) is 4.62. The number of phenolic OH excluding ortho intramolecular Hbond substituents is 1. The van der Waals surface area contributed by atoms with E-state index in [9.17, 15) is 5.11 Å². The molecule has 0 aliphatic heterocycles. The van der Waals surface area contributed by atoms with Gasteiger partial charge in [-0.05, 0) is 35.9 Å². The number of ether oxygens (including phenoxy) is 1. The summed E-state index contributed by atoms with van der Waals surface area (Å²) in [5, 5.41) is 13.1. The van der Waals surface area contributed by atoms with Crippen LogP contribution in [-0.4, -0.2) is 22.2 Å². The summed E-state index contributed by atoms with van der Waals surface area (Å²) in [6.45, 7) is 0.601. The molecule has 5 nitrogen and oxygen atoms in total. The average molecular weight is 281 g/mol. The highest BCUT2D eigenvalue weighted by molar-refractivity contribution is 5.78. The van der Waals surface area contributed by atoms with Crippen molar-refractivity contribution < 1.29 is 9.84 Å². The Balaban J connectivity index is 1.75. The lowest BCUT2D eigenvalue weighted by molar-refractivity contribution is 0.373. The van der Waals surface area contributed by atoms with Crippen molar-refractivity contribution in [3.8, 4) is 11.5 Å².